The largest absolute Gasteiger partial charge is 0.465 e. The van der Waals surface area contributed by atoms with Gasteiger partial charge in [-0.2, -0.15) is 0 Å². The Morgan fingerprint density at radius 3 is 2.57 bits per heavy atom. The number of thiophene rings is 1. The second-order valence-corrected chi connectivity index (χ2v) is 8.54. The van der Waals surface area contributed by atoms with Crippen molar-refractivity contribution in [1.29, 1.82) is 0 Å². The van der Waals surface area contributed by atoms with E-state index in [-0.39, 0.29) is 17.5 Å². The number of thioether (sulfide) groups is 1. The normalized spacial score (nSPS) is 10.8. The van der Waals surface area contributed by atoms with Gasteiger partial charge in [-0.25, -0.2) is 9.18 Å². The summed E-state index contributed by atoms with van der Waals surface area (Å²) in [5.41, 5.74) is 1.92. The minimum atomic E-state index is -0.477. The highest BCUT2D eigenvalue weighted by Gasteiger charge is 2.22. The number of methoxy groups -OCH3 is 1. The fraction of sp³-hybridized carbons (Fsp3) is 0.300. The molecule has 0 bridgehead atoms. The summed E-state index contributed by atoms with van der Waals surface area (Å²) in [6.07, 6.45) is 0. The van der Waals surface area contributed by atoms with Crippen LogP contribution in [0.1, 0.15) is 27.7 Å². The van der Waals surface area contributed by atoms with Crippen LogP contribution in [0.15, 0.2) is 29.4 Å². The van der Waals surface area contributed by atoms with Crippen molar-refractivity contribution in [3.8, 4) is 11.4 Å². The molecule has 0 atom stereocenters. The third-order valence-corrected chi connectivity index (χ3v) is 6.59. The third kappa shape index (κ3) is 4.54. The number of esters is 1. The first-order valence-corrected chi connectivity index (χ1v) is 11.0. The molecule has 1 N–H and O–H groups in total. The molecule has 10 heteroatoms. The van der Waals surface area contributed by atoms with E-state index >= 15 is 0 Å². The average molecular weight is 449 g/mol. The molecule has 2 aromatic heterocycles. The van der Waals surface area contributed by atoms with Crippen LogP contribution in [0.3, 0.4) is 0 Å². The summed E-state index contributed by atoms with van der Waals surface area (Å²) in [7, 11) is 1.31. The van der Waals surface area contributed by atoms with Gasteiger partial charge in [0.25, 0.3) is 0 Å². The standard InChI is InChI=1S/C20H21FN4O3S2/c1-5-25-17(13-6-8-14(21)9-7-13)23-24-20(25)29-10-15(26)22-18-16(19(27)28-4)11(2)12(3)30-18/h6-9H,5,10H2,1-4H3,(H,22,26). The van der Waals surface area contributed by atoms with Crippen molar-refractivity contribution in [2.75, 3.05) is 18.2 Å². The molecule has 158 valence electrons. The first kappa shape index (κ1) is 22.0. The quantitative estimate of drug-likeness (QED) is 0.428. The van der Waals surface area contributed by atoms with Gasteiger partial charge in [-0.3, -0.25) is 4.79 Å². The number of benzene rings is 1. The van der Waals surface area contributed by atoms with Gasteiger partial charge in [-0.1, -0.05) is 11.8 Å². The lowest BCUT2D eigenvalue weighted by Crippen LogP contribution is -2.16. The number of halogens is 1. The summed E-state index contributed by atoms with van der Waals surface area (Å²) in [4.78, 5) is 25.5. The number of hydrogen-bond acceptors (Lipinski definition) is 7. The first-order valence-electron chi connectivity index (χ1n) is 9.15. The Morgan fingerprint density at radius 2 is 1.93 bits per heavy atom. The SMILES string of the molecule is CCn1c(SCC(=O)Nc2sc(C)c(C)c2C(=O)OC)nnc1-c1ccc(F)cc1. The topological polar surface area (TPSA) is 86.1 Å². The van der Waals surface area contributed by atoms with Gasteiger partial charge < -0.3 is 14.6 Å². The van der Waals surface area contributed by atoms with Crippen LogP contribution in [-0.2, 0) is 16.1 Å². The molecule has 0 aliphatic rings. The molecule has 0 saturated heterocycles. The van der Waals surface area contributed by atoms with E-state index < -0.39 is 5.97 Å². The summed E-state index contributed by atoms with van der Waals surface area (Å²) in [5, 5.41) is 12.2. The fourth-order valence-corrected chi connectivity index (χ4v) is 4.72. The Balaban J connectivity index is 1.72. The second kappa shape index (κ2) is 9.40. The Morgan fingerprint density at radius 1 is 1.23 bits per heavy atom. The molecule has 0 spiro atoms. The van der Waals surface area contributed by atoms with Crippen LogP contribution in [0.4, 0.5) is 9.39 Å². The van der Waals surface area contributed by atoms with E-state index in [0.717, 1.165) is 16.0 Å². The third-order valence-electron chi connectivity index (χ3n) is 4.50. The average Bonchev–Trinajstić information content (AvgIpc) is 3.26. The lowest BCUT2D eigenvalue weighted by molar-refractivity contribution is -0.113. The molecule has 3 aromatic rings. The molecular weight excluding hydrogens is 427 g/mol. The number of rotatable bonds is 7. The smallest absolute Gasteiger partial charge is 0.341 e. The number of anilines is 1. The van der Waals surface area contributed by atoms with E-state index in [1.165, 1.54) is 42.3 Å². The van der Waals surface area contributed by atoms with Gasteiger partial charge >= 0.3 is 5.97 Å². The molecule has 0 aliphatic heterocycles. The Labute approximate surface area is 181 Å². The van der Waals surface area contributed by atoms with Crippen molar-refractivity contribution in [1.82, 2.24) is 14.8 Å². The molecule has 1 aromatic carbocycles. The summed E-state index contributed by atoms with van der Waals surface area (Å²) >= 11 is 2.58. The van der Waals surface area contributed by atoms with Gasteiger partial charge in [0.15, 0.2) is 11.0 Å². The van der Waals surface area contributed by atoms with E-state index in [1.54, 1.807) is 12.1 Å². The minimum Gasteiger partial charge on any atom is -0.465 e. The lowest BCUT2D eigenvalue weighted by Gasteiger charge is -2.08. The molecule has 1 amide bonds. The van der Waals surface area contributed by atoms with Crippen LogP contribution in [0, 0.1) is 19.7 Å². The number of nitrogens with one attached hydrogen (secondary N) is 1. The molecule has 0 aliphatic carbocycles. The molecule has 0 saturated carbocycles. The summed E-state index contributed by atoms with van der Waals surface area (Å²) < 4.78 is 19.9. The van der Waals surface area contributed by atoms with Crippen molar-refractivity contribution in [3.05, 3.63) is 46.1 Å². The minimum absolute atomic E-state index is 0.0954. The van der Waals surface area contributed by atoms with Gasteiger partial charge in [0, 0.05) is 17.0 Å². The van der Waals surface area contributed by atoms with Crippen LogP contribution in [0.5, 0.6) is 0 Å². The molecule has 0 fully saturated rings. The Kier molecular flexibility index (Phi) is 6.88. The van der Waals surface area contributed by atoms with Gasteiger partial charge in [0.05, 0.1) is 18.4 Å². The maximum Gasteiger partial charge on any atom is 0.341 e. The highest BCUT2D eigenvalue weighted by atomic mass is 32.2. The molecule has 0 radical (unpaired) electrons. The molecular formula is C20H21FN4O3S2. The van der Waals surface area contributed by atoms with Crippen molar-refractivity contribution < 1.29 is 18.7 Å². The van der Waals surface area contributed by atoms with E-state index in [1.807, 2.05) is 25.3 Å². The number of carbonyl (C=O) groups is 2. The zero-order valence-corrected chi connectivity index (χ0v) is 18.6. The highest BCUT2D eigenvalue weighted by molar-refractivity contribution is 7.99. The number of aromatic nitrogens is 3. The Bertz CT molecular complexity index is 1080. The van der Waals surface area contributed by atoms with Crippen molar-refractivity contribution in [2.45, 2.75) is 32.5 Å². The van der Waals surface area contributed by atoms with Gasteiger partial charge in [0.2, 0.25) is 5.91 Å². The zero-order chi connectivity index (χ0) is 21.8. The molecule has 0 unspecified atom stereocenters. The highest BCUT2D eigenvalue weighted by Crippen LogP contribution is 2.33. The number of aryl methyl sites for hydroxylation is 1. The maximum atomic E-state index is 13.2. The molecule has 30 heavy (non-hydrogen) atoms. The molecule has 3 rings (SSSR count). The number of hydrogen-bond donors (Lipinski definition) is 1. The summed E-state index contributed by atoms with van der Waals surface area (Å²) in [6, 6.07) is 6.02. The maximum absolute atomic E-state index is 13.2. The van der Waals surface area contributed by atoms with Crippen LogP contribution in [0.2, 0.25) is 0 Å². The molecule has 7 nitrogen and oxygen atoms in total. The van der Waals surface area contributed by atoms with Crippen LogP contribution in [-0.4, -0.2) is 39.5 Å². The van der Waals surface area contributed by atoms with Crippen molar-refractivity contribution in [3.63, 3.8) is 0 Å². The van der Waals surface area contributed by atoms with Gasteiger partial charge in [-0.15, -0.1) is 21.5 Å². The summed E-state index contributed by atoms with van der Waals surface area (Å²) in [6.45, 7) is 6.25. The number of ether oxygens (including phenoxy) is 1. The van der Waals surface area contributed by atoms with Crippen molar-refractivity contribution >= 4 is 40.0 Å². The first-order chi connectivity index (χ1) is 14.3. The van der Waals surface area contributed by atoms with Crippen molar-refractivity contribution in [2.24, 2.45) is 0 Å². The van der Waals surface area contributed by atoms with Gasteiger partial charge in [-0.05, 0) is 50.6 Å². The van der Waals surface area contributed by atoms with Crippen LogP contribution >= 0.6 is 23.1 Å². The monoisotopic (exact) mass is 448 g/mol. The van der Waals surface area contributed by atoms with E-state index in [9.17, 15) is 14.0 Å². The Hall–Kier alpha value is -2.72. The fourth-order valence-electron chi connectivity index (χ4n) is 2.85. The predicted octanol–water partition coefficient (Wildman–Crippen LogP) is 4.30. The molecule has 2 heterocycles. The van der Waals surface area contributed by atoms with Crippen LogP contribution in [0.25, 0.3) is 11.4 Å². The zero-order valence-electron chi connectivity index (χ0n) is 17.0. The van der Waals surface area contributed by atoms with Crippen LogP contribution < -0.4 is 5.32 Å². The number of carbonyl (C=O) groups excluding carboxylic acids is 2. The van der Waals surface area contributed by atoms with E-state index in [2.05, 4.69) is 15.5 Å². The van der Waals surface area contributed by atoms with E-state index in [0.29, 0.717) is 28.1 Å². The van der Waals surface area contributed by atoms with Gasteiger partial charge in [0.1, 0.15) is 10.8 Å². The van der Waals surface area contributed by atoms with E-state index in [4.69, 9.17) is 4.74 Å². The number of amides is 1. The lowest BCUT2D eigenvalue weighted by atomic mass is 10.1. The second-order valence-electron chi connectivity index (χ2n) is 6.37. The predicted molar refractivity (Wildman–Crippen MR) is 116 cm³/mol. The number of nitrogens with zero attached hydrogens (tertiary/aromatic N) is 3. The summed E-state index contributed by atoms with van der Waals surface area (Å²) in [5.74, 6) is -0.358.